The summed E-state index contributed by atoms with van der Waals surface area (Å²) >= 11 is 0.949. The highest BCUT2D eigenvalue weighted by atomic mass is 32.1. The first-order valence-corrected chi connectivity index (χ1v) is 18.7. The van der Waals surface area contributed by atoms with Crippen LogP contribution in [0.4, 0.5) is 22.0 Å². The molecule has 1 N–H and O–H groups in total. The Morgan fingerprint density at radius 3 is 2.25 bits per heavy atom. The number of hydrogen-bond donors (Lipinski definition) is 1. The second-order valence-electron chi connectivity index (χ2n) is 13.5. The van der Waals surface area contributed by atoms with Crippen molar-refractivity contribution in [2.24, 2.45) is 11.8 Å². The van der Waals surface area contributed by atoms with Crippen LogP contribution in [0, 0.1) is 40.9 Å². The Morgan fingerprint density at radius 1 is 1.02 bits per heavy atom. The fourth-order valence-corrected chi connectivity index (χ4v) is 6.96. The predicted octanol–water partition coefficient (Wildman–Crippen LogP) is 7.17. The van der Waals surface area contributed by atoms with Crippen LogP contribution in [0.25, 0.3) is 0 Å². The summed E-state index contributed by atoms with van der Waals surface area (Å²) in [6.07, 6.45) is 5.34. The molecule has 16 heteroatoms. The van der Waals surface area contributed by atoms with Crippen molar-refractivity contribution in [1.29, 1.82) is 0 Å². The Balaban J connectivity index is 1.90. The molecule has 0 radical (unpaired) electrons. The van der Waals surface area contributed by atoms with E-state index in [1.807, 2.05) is 39.6 Å². The van der Waals surface area contributed by atoms with Gasteiger partial charge in [-0.25, -0.2) is 22.9 Å². The van der Waals surface area contributed by atoms with Crippen LogP contribution in [0.15, 0.2) is 5.38 Å². The van der Waals surface area contributed by atoms with Crippen molar-refractivity contribution in [1.82, 2.24) is 20.1 Å². The summed E-state index contributed by atoms with van der Waals surface area (Å²) in [5, 5.41) is 4.51. The van der Waals surface area contributed by atoms with E-state index in [4.69, 9.17) is 9.47 Å². The van der Waals surface area contributed by atoms with Crippen LogP contribution in [0.3, 0.4) is 0 Å². The third-order valence-corrected chi connectivity index (χ3v) is 10.5. The molecule has 0 saturated carbocycles. The molecule has 0 bridgehead atoms. The summed E-state index contributed by atoms with van der Waals surface area (Å²) in [4.78, 5) is 48.7. The number of benzene rings is 1. The van der Waals surface area contributed by atoms with Gasteiger partial charge in [0.15, 0.2) is 5.69 Å². The van der Waals surface area contributed by atoms with Crippen molar-refractivity contribution in [3.63, 3.8) is 0 Å². The van der Waals surface area contributed by atoms with Crippen LogP contribution in [-0.4, -0.2) is 84.7 Å². The summed E-state index contributed by atoms with van der Waals surface area (Å²) in [5.41, 5.74) is -0.452. The van der Waals surface area contributed by atoms with Crippen molar-refractivity contribution in [3.8, 4) is 5.75 Å². The van der Waals surface area contributed by atoms with Crippen LogP contribution in [-0.2, 0) is 19.1 Å². The number of carbonyl (C=O) groups excluding carboxylic acids is 3. The lowest BCUT2D eigenvalue weighted by molar-refractivity contribution is -0.149. The Kier molecular flexibility index (Phi) is 16.9. The molecule has 292 valence electrons. The van der Waals surface area contributed by atoms with Crippen molar-refractivity contribution < 1.29 is 50.5 Å². The van der Waals surface area contributed by atoms with Crippen molar-refractivity contribution >= 4 is 29.1 Å². The fourth-order valence-electron chi connectivity index (χ4n) is 6.08. The highest BCUT2D eigenvalue weighted by molar-refractivity contribution is 7.09. The van der Waals surface area contributed by atoms with Crippen LogP contribution in [0.2, 0.25) is 0 Å². The number of carbonyl (C=O) groups is 3. The van der Waals surface area contributed by atoms with Crippen molar-refractivity contribution in [2.75, 3.05) is 34.0 Å². The van der Waals surface area contributed by atoms with E-state index in [9.17, 15) is 36.3 Å². The SMILES string of the molecule is CCCCCOCN(C(=O)[C@@H](NC(=O)[C@H]1CCCCN1C)C(C)CC)[C@H](C[C@@H](OC)c1nc(C(=O)Oc2c(F)c(F)c(F)c(F)c2F)cs1)C(C)C. The van der Waals surface area contributed by atoms with E-state index in [1.165, 1.54) is 12.5 Å². The second kappa shape index (κ2) is 20.3. The van der Waals surface area contributed by atoms with Gasteiger partial charge in [-0.05, 0) is 44.7 Å². The average molecular weight is 763 g/mol. The maximum atomic E-state index is 14.6. The zero-order chi connectivity index (χ0) is 38.7. The first-order valence-electron chi connectivity index (χ1n) is 17.8. The van der Waals surface area contributed by atoms with Gasteiger partial charge in [0.1, 0.15) is 23.9 Å². The van der Waals surface area contributed by atoms with E-state index in [1.54, 1.807) is 4.90 Å². The number of likely N-dealkylation sites (tertiary alicyclic amines) is 1. The minimum Gasteiger partial charge on any atom is -0.415 e. The van der Waals surface area contributed by atoms with E-state index in [2.05, 4.69) is 22.0 Å². The number of esters is 1. The molecule has 10 nitrogen and oxygen atoms in total. The summed E-state index contributed by atoms with van der Waals surface area (Å²) in [5.74, 6) is -15.6. The fraction of sp³-hybridized carbons (Fsp3) is 0.667. The van der Waals surface area contributed by atoms with Crippen LogP contribution < -0.4 is 10.1 Å². The molecule has 2 aromatic rings. The zero-order valence-electron chi connectivity index (χ0n) is 30.9. The maximum absolute atomic E-state index is 14.6. The lowest BCUT2D eigenvalue weighted by Gasteiger charge is -2.40. The molecule has 5 atom stereocenters. The number of halogens is 5. The molecule has 0 spiro atoms. The monoisotopic (exact) mass is 762 g/mol. The zero-order valence-corrected chi connectivity index (χ0v) is 31.7. The molecule has 1 aliphatic rings. The van der Waals surface area contributed by atoms with E-state index in [0.29, 0.717) is 19.4 Å². The molecule has 0 aliphatic carbocycles. The molecule has 2 amide bonds. The van der Waals surface area contributed by atoms with Gasteiger partial charge >= 0.3 is 5.97 Å². The number of methoxy groups -OCH3 is 1. The molecular weight excluding hydrogens is 711 g/mol. The van der Waals surface area contributed by atoms with Gasteiger partial charge in [0.2, 0.25) is 46.6 Å². The highest BCUT2D eigenvalue weighted by Crippen LogP contribution is 2.33. The molecular formula is C36H51F5N4O6S. The highest BCUT2D eigenvalue weighted by Gasteiger charge is 2.39. The summed E-state index contributed by atoms with van der Waals surface area (Å²) in [6, 6.07) is -1.69. The third-order valence-electron chi connectivity index (χ3n) is 9.54. The Bertz CT molecular complexity index is 1480. The molecule has 2 heterocycles. The number of nitrogens with one attached hydrogen (secondary N) is 1. The van der Waals surface area contributed by atoms with Gasteiger partial charge in [-0.2, -0.15) is 8.78 Å². The molecule has 3 rings (SSSR count). The van der Waals surface area contributed by atoms with Crippen LogP contribution in [0.1, 0.15) is 108 Å². The van der Waals surface area contributed by atoms with Gasteiger partial charge in [0.05, 0.1) is 6.04 Å². The summed E-state index contributed by atoms with van der Waals surface area (Å²) in [6.45, 7) is 11.0. The Morgan fingerprint density at radius 2 is 1.67 bits per heavy atom. The van der Waals surface area contributed by atoms with Gasteiger partial charge in [-0.15, -0.1) is 11.3 Å². The van der Waals surface area contributed by atoms with Gasteiger partial charge in [0.25, 0.3) is 0 Å². The first-order chi connectivity index (χ1) is 24.7. The van der Waals surface area contributed by atoms with Crippen LogP contribution >= 0.6 is 11.3 Å². The number of amides is 2. The standard InChI is InChI=1S/C36H51F5N4O6S/c1-8-10-13-16-50-19-45(35(47)31(21(5)9-2)43-33(46)23-14-11-12-15-44(23)6)24(20(3)4)17-25(49-7)34-42-22(18-52-34)36(48)51-32-29(40)27(38)26(37)28(39)30(32)41/h18,20-21,23-25,31H,8-17,19H2,1-7H3,(H,43,46)/t21?,23-,24-,25-,31+/m1/s1. The smallest absolute Gasteiger partial charge is 0.363 e. The molecule has 1 unspecified atom stereocenters. The van der Waals surface area contributed by atoms with Gasteiger partial charge in [0, 0.05) is 31.6 Å². The number of piperidine rings is 1. The van der Waals surface area contributed by atoms with Gasteiger partial charge in [-0.3, -0.25) is 14.5 Å². The van der Waals surface area contributed by atoms with E-state index in [0.717, 1.165) is 50.0 Å². The lowest BCUT2D eigenvalue weighted by atomic mass is 9.92. The largest absolute Gasteiger partial charge is 0.415 e. The number of unbranched alkanes of at least 4 members (excludes halogenated alkanes) is 2. The number of ether oxygens (including phenoxy) is 3. The topological polar surface area (TPSA) is 110 Å². The minimum atomic E-state index is -2.39. The number of aromatic nitrogens is 1. The molecule has 1 fully saturated rings. The Labute approximate surface area is 306 Å². The van der Waals surface area contributed by atoms with Gasteiger partial charge < -0.3 is 24.4 Å². The molecule has 1 aromatic heterocycles. The van der Waals surface area contributed by atoms with E-state index < -0.39 is 64.7 Å². The summed E-state index contributed by atoms with van der Waals surface area (Å²) < 4.78 is 85.6. The van der Waals surface area contributed by atoms with Gasteiger partial charge in [-0.1, -0.05) is 60.3 Å². The van der Waals surface area contributed by atoms with E-state index in [-0.39, 0.29) is 47.9 Å². The number of rotatable bonds is 19. The lowest BCUT2D eigenvalue weighted by Crippen LogP contribution is -2.59. The van der Waals surface area contributed by atoms with Crippen molar-refractivity contribution in [3.05, 3.63) is 45.2 Å². The average Bonchev–Trinajstić information content (AvgIpc) is 3.63. The number of hydrogen-bond acceptors (Lipinski definition) is 9. The number of nitrogens with zero attached hydrogens (tertiary/aromatic N) is 3. The maximum Gasteiger partial charge on any atom is 0.363 e. The normalized spacial score (nSPS) is 17.4. The van der Waals surface area contributed by atoms with Crippen LogP contribution in [0.5, 0.6) is 5.75 Å². The van der Waals surface area contributed by atoms with E-state index >= 15 is 0 Å². The quantitative estimate of drug-likeness (QED) is 0.0306. The van der Waals surface area contributed by atoms with Crippen molar-refractivity contribution in [2.45, 2.75) is 110 Å². The first kappa shape index (κ1) is 43.2. The second-order valence-corrected chi connectivity index (χ2v) is 14.4. The Hall–Kier alpha value is -3.21. The predicted molar refractivity (Wildman–Crippen MR) is 185 cm³/mol. The minimum absolute atomic E-state index is 0.0503. The third kappa shape index (κ3) is 10.7. The number of thiazole rings is 1. The molecule has 1 aliphatic heterocycles. The molecule has 1 saturated heterocycles. The summed E-state index contributed by atoms with van der Waals surface area (Å²) in [7, 11) is 3.31. The number of likely N-dealkylation sites (N-methyl/N-ethyl adjacent to an activating group) is 1. The molecule has 52 heavy (non-hydrogen) atoms. The molecule has 1 aromatic carbocycles.